The molecule has 0 N–H and O–H groups in total. The van der Waals surface area contributed by atoms with Crippen molar-refractivity contribution < 1.29 is 16.5 Å². The zero-order chi connectivity index (χ0) is 24.1. The minimum absolute atomic E-state index is 1.08. The predicted molar refractivity (Wildman–Crippen MR) is 148 cm³/mol. The average Bonchev–Trinajstić information content (AvgIpc) is 2.67. The summed E-state index contributed by atoms with van der Waals surface area (Å²) < 4.78 is 28.7. The molecule has 1 heterocycles. The van der Waals surface area contributed by atoms with E-state index in [0.29, 0.717) is 0 Å². The quantitative estimate of drug-likeness (QED) is 0.150. The van der Waals surface area contributed by atoms with Crippen molar-refractivity contribution in [2.75, 3.05) is 0 Å². The molecule has 0 bridgehead atoms. The van der Waals surface area contributed by atoms with Gasteiger partial charge >= 0.3 is 34.2 Å². The Balaban J connectivity index is 3.21. The molecule has 0 spiro atoms. The van der Waals surface area contributed by atoms with Crippen molar-refractivity contribution in [3.05, 3.63) is 0 Å². The molecule has 192 valence electrons. The van der Waals surface area contributed by atoms with Crippen LogP contribution >= 0.6 is 0 Å². The first-order valence-electron chi connectivity index (χ1n) is 13.9. The van der Waals surface area contributed by atoms with E-state index in [0.717, 1.165) is 24.2 Å². The Morgan fingerprint density at radius 2 is 0.531 bits per heavy atom. The first-order valence-corrected chi connectivity index (χ1v) is 24.0. The molecule has 32 heavy (non-hydrogen) atoms. The van der Waals surface area contributed by atoms with Crippen LogP contribution in [0.25, 0.3) is 0 Å². The molecular weight excluding hydrogens is 465 g/mol. The minimum Gasteiger partial charge on any atom is -0.416 e. The molecule has 1 fully saturated rings. The van der Waals surface area contributed by atoms with Gasteiger partial charge in [0, 0.05) is 0 Å². The van der Waals surface area contributed by atoms with Crippen LogP contribution in [0.5, 0.6) is 0 Å². The second-order valence-electron chi connectivity index (χ2n) is 10.8. The van der Waals surface area contributed by atoms with Crippen LogP contribution in [0, 0.1) is 0 Å². The fourth-order valence-corrected chi connectivity index (χ4v) is 28.7. The summed E-state index contributed by atoms with van der Waals surface area (Å²) in [5.74, 6) is 0. The van der Waals surface area contributed by atoms with E-state index < -0.39 is 34.2 Å². The first kappa shape index (κ1) is 30.7. The highest BCUT2D eigenvalue weighted by Gasteiger charge is 2.56. The van der Waals surface area contributed by atoms with Gasteiger partial charge in [0.2, 0.25) is 0 Å². The number of hydrogen-bond acceptors (Lipinski definition) is 4. The van der Waals surface area contributed by atoms with Gasteiger partial charge in [-0.1, -0.05) is 105 Å². The van der Waals surface area contributed by atoms with Gasteiger partial charge in [0.1, 0.15) is 0 Å². The highest BCUT2D eigenvalue weighted by molar-refractivity contribution is 6.93. The molecule has 4 nitrogen and oxygen atoms in total. The maximum absolute atomic E-state index is 7.19. The molecule has 1 aliphatic rings. The van der Waals surface area contributed by atoms with E-state index in [1.165, 1.54) is 77.0 Å². The van der Waals surface area contributed by atoms with Gasteiger partial charge in [0.05, 0.1) is 0 Å². The van der Waals surface area contributed by atoms with Crippen LogP contribution in [-0.4, -0.2) is 34.2 Å². The molecule has 0 unspecified atom stereocenters. The fourth-order valence-electron chi connectivity index (χ4n) is 5.10. The molecule has 1 aliphatic heterocycles. The molecule has 0 aliphatic carbocycles. The van der Waals surface area contributed by atoms with Crippen LogP contribution < -0.4 is 0 Å². The summed E-state index contributed by atoms with van der Waals surface area (Å²) in [5.41, 5.74) is 0. The molecule has 0 saturated carbocycles. The Morgan fingerprint density at radius 3 is 0.688 bits per heavy atom. The third-order valence-electron chi connectivity index (χ3n) is 6.66. The van der Waals surface area contributed by atoms with Crippen molar-refractivity contribution in [3.8, 4) is 0 Å². The van der Waals surface area contributed by atoms with E-state index in [9.17, 15) is 0 Å². The topological polar surface area (TPSA) is 36.9 Å². The Kier molecular flexibility index (Phi) is 14.4. The lowest BCUT2D eigenvalue weighted by Crippen LogP contribution is -2.67. The van der Waals surface area contributed by atoms with Gasteiger partial charge < -0.3 is 16.5 Å². The second kappa shape index (κ2) is 15.0. The van der Waals surface area contributed by atoms with Gasteiger partial charge in [-0.25, -0.2) is 0 Å². The van der Waals surface area contributed by atoms with Crippen molar-refractivity contribution in [3.63, 3.8) is 0 Å². The molecule has 0 atom stereocenters. The maximum atomic E-state index is 7.19. The smallest absolute Gasteiger partial charge is 0.317 e. The third-order valence-corrected chi connectivity index (χ3v) is 25.5. The molecule has 1 rings (SSSR count). The summed E-state index contributed by atoms with van der Waals surface area (Å²) in [7, 11) is -9.41. The average molecular weight is 521 g/mol. The molecular formula is C24H56O4Si4. The SMILES string of the molecule is CCCCC[Si]1(C)O[Si](C)(CCCCC)O[Si](C)(CCCCC)O[Si](C)(CCCCC)O1. The summed E-state index contributed by atoms with van der Waals surface area (Å²) in [4.78, 5) is 0. The lowest BCUT2D eigenvalue weighted by Gasteiger charge is -2.50. The van der Waals surface area contributed by atoms with Gasteiger partial charge in [-0.3, -0.25) is 0 Å². The van der Waals surface area contributed by atoms with Crippen LogP contribution in [0.15, 0.2) is 0 Å². The Bertz CT molecular complexity index is 410. The van der Waals surface area contributed by atoms with E-state index in [-0.39, 0.29) is 0 Å². The largest absolute Gasteiger partial charge is 0.416 e. The van der Waals surface area contributed by atoms with Crippen LogP contribution in [0.3, 0.4) is 0 Å². The Morgan fingerprint density at radius 1 is 0.344 bits per heavy atom. The fraction of sp³-hybridized carbons (Fsp3) is 1.00. The van der Waals surface area contributed by atoms with Crippen LogP contribution in [0.2, 0.25) is 50.4 Å². The van der Waals surface area contributed by atoms with E-state index >= 15 is 0 Å². The molecule has 8 heteroatoms. The zero-order valence-electron chi connectivity index (χ0n) is 22.9. The summed E-state index contributed by atoms with van der Waals surface area (Å²) in [6, 6.07) is 4.31. The summed E-state index contributed by atoms with van der Waals surface area (Å²) in [5, 5.41) is 0. The lowest BCUT2D eigenvalue weighted by molar-refractivity contribution is 0.220. The highest BCUT2D eigenvalue weighted by atomic mass is 28.5. The number of unbranched alkanes of at least 4 members (excludes halogenated alkanes) is 8. The normalized spacial score (nSPS) is 33.8. The van der Waals surface area contributed by atoms with E-state index in [1.54, 1.807) is 0 Å². The third kappa shape index (κ3) is 11.4. The second-order valence-corrected chi connectivity index (χ2v) is 25.1. The summed E-state index contributed by atoms with van der Waals surface area (Å²) in [6.07, 6.45) is 14.7. The predicted octanol–water partition coefficient (Wildman–Crippen LogP) is 9.12. The van der Waals surface area contributed by atoms with Gasteiger partial charge in [-0.05, 0) is 50.4 Å². The van der Waals surface area contributed by atoms with Crippen molar-refractivity contribution in [1.82, 2.24) is 0 Å². The van der Waals surface area contributed by atoms with Crippen LogP contribution in [0.4, 0.5) is 0 Å². The standard InChI is InChI=1S/C24H56O4Si4/c1-9-13-17-21-29(5)25-30(6,22-18-14-10-2)27-32(8,24-20-16-12-4)28-31(7,26-29)23-19-15-11-3/h9-24H2,1-8H3. The summed E-state index contributed by atoms with van der Waals surface area (Å²) >= 11 is 0. The van der Waals surface area contributed by atoms with Gasteiger partial charge in [0.15, 0.2) is 0 Å². The van der Waals surface area contributed by atoms with Gasteiger partial charge in [-0.15, -0.1) is 0 Å². The number of hydrogen-bond donors (Lipinski definition) is 0. The van der Waals surface area contributed by atoms with Crippen molar-refractivity contribution >= 4 is 34.2 Å². The Hall–Kier alpha value is 0.708. The Labute approximate surface area is 205 Å². The lowest BCUT2D eigenvalue weighted by atomic mass is 10.3. The first-order chi connectivity index (χ1) is 15.1. The molecule has 0 radical (unpaired) electrons. The van der Waals surface area contributed by atoms with E-state index in [2.05, 4.69) is 53.9 Å². The molecule has 1 saturated heterocycles. The van der Waals surface area contributed by atoms with Gasteiger partial charge in [0.25, 0.3) is 0 Å². The summed E-state index contributed by atoms with van der Waals surface area (Å²) in [6.45, 7) is 18.4. The molecule has 0 aromatic rings. The maximum Gasteiger partial charge on any atom is 0.317 e. The van der Waals surface area contributed by atoms with Gasteiger partial charge in [-0.2, -0.15) is 0 Å². The molecule has 0 aromatic carbocycles. The molecule has 0 amide bonds. The van der Waals surface area contributed by atoms with E-state index in [1.807, 2.05) is 0 Å². The van der Waals surface area contributed by atoms with Crippen molar-refractivity contribution in [1.29, 1.82) is 0 Å². The van der Waals surface area contributed by atoms with Crippen molar-refractivity contribution in [2.45, 2.75) is 155 Å². The van der Waals surface area contributed by atoms with Crippen LogP contribution in [-0.2, 0) is 16.5 Å². The van der Waals surface area contributed by atoms with E-state index in [4.69, 9.17) is 16.5 Å². The van der Waals surface area contributed by atoms with Crippen LogP contribution in [0.1, 0.15) is 105 Å². The zero-order valence-corrected chi connectivity index (χ0v) is 26.9. The monoisotopic (exact) mass is 520 g/mol. The van der Waals surface area contributed by atoms with Crippen molar-refractivity contribution in [2.24, 2.45) is 0 Å². The highest BCUT2D eigenvalue weighted by Crippen LogP contribution is 2.39. The number of rotatable bonds is 16. The molecule has 0 aromatic heterocycles. The minimum atomic E-state index is -2.35.